The molecule has 0 saturated carbocycles. The molecule has 6 heteroatoms. The number of rotatable bonds is 6. The van der Waals surface area contributed by atoms with Crippen molar-refractivity contribution in [2.24, 2.45) is 0 Å². The van der Waals surface area contributed by atoms with Crippen molar-refractivity contribution in [1.82, 2.24) is 10.2 Å². The molecule has 170 valence electrons. The van der Waals surface area contributed by atoms with Gasteiger partial charge in [0, 0.05) is 45.0 Å². The van der Waals surface area contributed by atoms with Gasteiger partial charge in [0.2, 0.25) is 0 Å². The molecule has 0 bridgehead atoms. The second-order valence-corrected chi connectivity index (χ2v) is 8.53. The summed E-state index contributed by atoms with van der Waals surface area (Å²) in [5.41, 5.74) is 4.02. The minimum absolute atomic E-state index is 0.0360. The van der Waals surface area contributed by atoms with Crippen molar-refractivity contribution in [3.63, 3.8) is 0 Å². The summed E-state index contributed by atoms with van der Waals surface area (Å²) < 4.78 is 5.43. The Balaban J connectivity index is 1.32. The Bertz CT molecular complexity index is 1100. The highest BCUT2D eigenvalue weighted by atomic mass is 16.5. The summed E-state index contributed by atoms with van der Waals surface area (Å²) in [6, 6.07) is 26.5. The fourth-order valence-corrected chi connectivity index (χ4v) is 4.78. The van der Waals surface area contributed by atoms with Crippen molar-refractivity contribution < 1.29 is 9.53 Å². The lowest BCUT2D eigenvalue weighted by Gasteiger charge is -2.41. The quantitative estimate of drug-likeness (QED) is 0.630. The standard InChI is InChI=1S/C27H30N4O2/c1-33-23-11-7-8-21(20-23)26-28-27(32)24-12-5-6-13-25(24)31(26)19-16-29-14-17-30(18-15-29)22-9-3-2-4-10-22/h2-13,20,26H,14-19H2,1H3,(H,28,32). The highest BCUT2D eigenvalue weighted by Gasteiger charge is 2.32. The zero-order valence-electron chi connectivity index (χ0n) is 19.0. The smallest absolute Gasteiger partial charge is 0.255 e. The number of nitrogens with one attached hydrogen (secondary N) is 1. The summed E-state index contributed by atoms with van der Waals surface area (Å²) in [6.07, 6.45) is -0.229. The second kappa shape index (κ2) is 9.55. The third-order valence-electron chi connectivity index (χ3n) is 6.60. The van der Waals surface area contributed by atoms with Crippen LogP contribution >= 0.6 is 0 Å². The molecule has 2 aliphatic rings. The van der Waals surface area contributed by atoms with Crippen molar-refractivity contribution in [2.45, 2.75) is 6.17 Å². The molecule has 0 radical (unpaired) electrons. The zero-order chi connectivity index (χ0) is 22.6. The van der Waals surface area contributed by atoms with Crippen molar-refractivity contribution in [1.29, 1.82) is 0 Å². The molecule has 0 aromatic heterocycles. The van der Waals surface area contributed by atoms with E-state index in [0.717, 1.165) is 61.8 Å². The van der Waals surface area contributed by atoms with Crippen LogP contribution in [0.3, 0.4) is 0 Å². The third kappa shape index (κ3) is 4.52. The lowest BCUT2D eigenvalue weighted by Crippen LogP contribution is -2.52. The first-order valence-electron chi connectivity index (χ1n) is 11.6. The van der Waals surface area contributed by atoms with Gasteiger partial charge in [-0.05, 0) is 42.0 Å². The molecule has 0 aliphatic carbocycles. The van der Waals surface area contributed by atoms with E-state index in [0.29, 0.717) is 0 Å². The summed E-state index contributed by atoms with van der Waals surface area (Å²) in [4.78, 5) is 20.1. The lowest BCUT2D eigenvalue weighted by atomic mass is 10.0. The van der Waals surface area contributed by atoms with Crippen molar-refractivity contribution in [2.75, 3.05) is 56.2 Å². The van der Waals surface area contributed by atoms with E-state index in [1.807, 2.05) is 42.5 Å². The maximum atomic E-state index is 12.9. The highest BCUT2D eigenvalue weighted by Crippen LogP contribution is 2.34. The van der Waals surface area contributed by atoms with E-state index >= 15 is 0 Å². The number of amides is 1. The monoisotopic (exact) mass is 442 g/mol. The molecule has 1 atom stereocenters. The minimum atomic E-state index is -0.229. The first kappa shape index (κ1) is 21.3. The van der Waals surface area contributed by atoms with Crippen LogP contribution in [0, 0.1) is 0 Å². The van der Waals surface area contributed by atoms with E-state index in [-0.39, 0.29) is 12.1 Å². The Morgan fingerprint density at radius 1 is 0.879 bits per heavy atom. The number of para-hydroxylation sites is 2. The molecule has 3 aromatic rings. The zero-order valence-corrected chi connectivity index (χ0v) is 19.0. The molecule has 5 rings (SSSR count). The van der Waals surface area contributed by atoms with Crippen molar-refractivity contribution in [3.05, 3.63) is 90.0 Å². The fraction of sp³-hybridized carbons (Fsp3) is 0.296. The van der Waals surface area contributed by atoms with Crippen molar-refractivity contribution >= 4 is 17.3 Å². The van der Waals surface area contributed by atoms with Gasteiger partial charge in [0.25, 0.3) is 5.91 Å². The van der Waals surface area contributed by atoms with Crippen LogP contribution in [0.1, 0.15) is 22.1 Å². The number of fused-ring (bicyclic) bond motifs is 1. The van der Waals surface area contributed by atoms with Gasteiger partial charge in [0.1, 0.15) is 11.9 Å². The molecule has 0 spiro atoms. The van der Waals surface area contributed by atoms with E-state index in [4.69, 9.17) is 4.74 Å². The first-order valence-corrected chi connectivity index (χ1v) is 11.6. The summed E-state index contributed by atoms with van der Waals surface area (Å²) in [7, 11) is 1.67. The molecule has 1 N–H and O–H groups in total. The van der Waals surface area contributed by atoms with Crippen LogP contribution in [0.15, 0.2) is 78.9 Å². The lowest BCUT2D eigenvalue weighted by molar-refractivity contribution is 0.0925. The summed E-state index contributed by atoms with van der Waals surface area (Å²) in [5, 5.41) is 3.21. The van der Waals surface area contributed by atoms with E-state index in [9.17, 15) is 4.79 Å². The normalized spacial score (nSPS) is 18.6. The maximum absolute atomic E-state index is 12.9. The number of benzene rings is 3. The third-order valence-corrected chi connectivity index (χ3v) is 6.60. The molecule has 3 aromatic carbocycles. The number of nitrogens with zero attached hydrogens (tertiary/aromatic N) is 3. The molecule has 2 aliphatic heterocycles. The van der Waals surface area contributed by atoms with Crippen LogP contribution in [-0.2, 0) is 0 Å². The van der Waals surface area contributed by atoms with Crippen LogP contribution < -0.4 is 19.9 Å². The van der Waals surface area contributed by atoms with Crippen LogP contribution in [0.4, 0.5) is 11.4 Å². The van der Waals surface area contributed by atoms with E-state index in [1.54, 1.807) is 7.11 Å². The van der Waals surface area contributed by atoms with Crippen molar-refractivity contribution in [3.8, 4) is 5.75 Å². The minimum Gasteiger partial charge on any atom is -0.497 e. The van der Waals surface area contributed by atoms with Gasteiger partial charge >= 0.3 is 0 Å². The molecular formula is C27H30N4O2. The molecule has 1 amide bonds. The van der Waals surface area contributed by atoms with Gasteiger partial charge in [0.05, 0.1) is 18.4 Å². The van der Waals surface area contributed by atoms with Gasteiger partial charge in [-0.2, -0.15) is 0 Å². The summed E-state index contributed by atoms with van der Waals surface area (Å²) in [6.45, 7) is 5.87. The number of hydrogen-bond donors (Lipinski definition) is 1. The number of anilines is 2. The molecule has 2 heterocycles. The summed E-state index contributed by atoms with van der Waals surface area (Å²) >= 11 is 0. The van der Waals surface area contributed by atoms with E-state index in [1.165, 1.54) is 5.69 Å². The number of carbonyl (C=O) groups excluding carboxylic acids is 1. The number of ether oxygens (including phenoxy) is 1. The van der Waals surface area contributed by atoms with E-state index in [2.05, 4.69) is 56.4 Å². The van der Waals surface area contributed by atoms with Crippen LogP contribution in [0.5, 0.6) is 5.75 Å². The largest absolute Gasteiger partial charge is 0.497 e. The Hall–Kier alpha value is -3.51. The predicted molar refractivity (Wildman–Crippen MR) is 132 cm³/mol. The van der Waals surface area contributed by atoms with Gasteiger partial charge < -0.3 is 19.9 Å². The first-order chi connectivity index (χ1) is 16.2. The Kier molecular flexibility index (Phi) is 6.17. The molecule has 33 heavy (non-hydrogen) atoms. The molecule has 6 nitrogen and oxygen atoms in total. The molecule has 1 unspecified atom stereocenters. The molecular weight excluding hydrogens is 412 g/mol. The summed E-state index contributed by atoms with van der Waals surface area (Å²) in [5.74, 6) is 0.753. The molecule has 1 saturated heterocycles. The molecule has 1 fully saturated rings. The number of carbonyl (C=O) groups is 1. The second-order valence-electron chi connectivity index (χ2n) is 8.53. The fourth-order valence-electron chi connectivity index (χ4n) is 4.78. The van der Waals surface area contributed by atoms with Crippen LogP contribution in [-0.4, -0.2) is 57.2 Å². The highest BCUT2D eigenvalue weighted by molar-refractivity contribution is 6.02. The predicted octanol–water partition coefficient (Wildman–Crippen LogP) is 3.77. The Morgan fingerprint density at radius 3 is 2.42 bits per heavy atom. The Morgan fingerprint density at radius 2 is 1.64 bits per heavy atom. The van der Waals surface area contributed by atoms with Crippen LogP contribution in [0.25, 0.3) is 0 Å². The Labute approximate surface area is 195 Å². The number of hydrogen-bond acceptors (Lipinski definition) is 5. The number of piperazine rings is 1. The topological polar surface area (TPSA) is 48.1 Å². The van der Waals surface area contributed by atoms with Gasteiger partial charge in [-0.1, -0.05) is 42.5 Å². The van der Waals surface area contributed by atoms with Crippen LogP contribution in [0.2, 0.25) is 0 Å². The average Bonchev–Trinajstić information content (AvgIpc) is 2.89. The van der Waals surface area contributed by atoms with Gasteiger partial charge in [-0.25, -0.2) is 0 Å². The SMILES string of the molecule is COc1cccc(C2NC(=O)c3ccccc3N2CCN2CCN(c3ccccc3)CC2)c1. The average molecular weight is 443 g/mol. The van der Waals surface area contributed by atoms with E-state index < -0.39 is 0 Å². The number of methoxy groups -OCH3 is 1. The van der Waals surface area contributed by atoms with Gasteiger partial charge in [-0.3, -0.25) is 9.69 Å². The maximum Gasteiger partial charge on any atom is 0.255 e. The van der Waals surface area contributed by atoms with Gasteiger partial charge in [-0.15, -0.1) is 0 Å². The van der Waals surface area contributed by atoms with Gasteiger partial charge in [0.15, 0.2) is 0 Å².